The fourth-order valence-corrected chi connectivity index (χ4v) is 3.18. The van der Waals surface area contributed by atoms with Crippen molar-refractivity contribution in [1.82, 2.24) is 15.5 Å². The second-order valence-corrected chi connectivity index (χ2v) is 6.71. The molecular formula is C21H21N3O4. The van der Waals surface area contributed by atoms with Crippen molar-refractivity contribution in [1.29, 1.82) is 0 Å². The number of para-hydroxylation sites is 2. The molecule has 2 heterocycles. The molecule has 1 atom stereocenters. The van der Waals surface area contributed by atoms with Crippen LogP contribution in [0.15, 0.2) is 53.1 Å². The van der Waals surface area contributed by atoms with Crippen LogP contribution in [0, 0.1) is 12.8 Å². The lowest BCUT2D eigenvalue weighted by Crippen LogP contribution is -2.35. The lowest BCUT2D eigenvalue weighted by molar-refractivity contribution is 0.0934. The smallest absolute Gasteiger partial charge is 0.255 e. The van der Waals surface area contributed by atoms with Gasteiger partial charge in [0, 0.05) is 19.4 Å². The largest absolute Gasteiger partial charge is 0.493 e. The third-order valence-corrected chi connectivity index (χ3v) is 4.57. The van der Waals surface area contributed by atoms with Crippen LogP contribution in [0.25, 0.3) is 0 Å². The number of nitrogens with zero attached hydrogens (tertiary/aromatic N) is 2. The highest BCUT2D eigenvalue weighted by Crippen LogP contribution is 2.26. The summed E-state index contributed by atoms with van der Waals surface area (Å²) in [4.78, 5) is 16.8. The van der Waals surface area contributed by atoms with Crippen LogP contribution in [0.5, 0.6) is 11.5 Å². The molecule has 1 unspecified atom stereocenters. The molecule has 3 aromatic rings. The van der Waals surface area contributed by atoms with Crippen molar-refractivity contribution in [2.24, 2.45) is 5.92 Å². The van der Waals surface area contributed by atoms with E-state index in [1.54, 1.807) is 25.1 Å². The number of carbonyl (C=O) groups is 1. The van der Waals surface area contributed by atoms with Gasteiger partial charge in [0.05, 0.1) is 12.2 Å². The average molecular weight is 379 g/mol. The Kier molecular flexibility index (Phi) is 5.23. The first-order chi connectivity index (χ1) is 13.7. The van der Waals surface area contributed by atoms with Crippen LogP contribution in [0.3, 0.4) is 0 Å². The molecule has 0 bridgehead atoms. The van der Waals surface area contributed by atoms with E-state index in [2.05, 4.69) is 21.5 Å². The number of hydrogen-bond donors (Lipinski definition) is 1. The van der Waals surface area contributed by atoms with Crippen molar-refractivity contribution in [2.45, 2.75) is 20.0 Å². The van der Waals surface area contributed by atoms with E-state index in [0.29, 0.717) is 36.2 Å². The number of rotatable bonds is 6. The minimum absolute atomic E-state index is 0.134. The van der Waals surface area contributed by atoms with Crippen molar-refractivity contribution >= 4 is 5.91 Å². The number of aromatic nitrogens is 2. The molecule has 1 aliphatic rings. The highest BCUT2D eigenvalue weighted by atomic mass is 16.5. The van der Waals surface area contributed by atoms with E-state index in [4.69, 9.17) is 14.0 Å². The lowest BCUT2D eigenvalue weighted by Gasteiger charge is -2.25. The van der Waals surface area contributed by atoms with Gasteiger partial charge in [0.15, 0.2) is 6.61 Å². The molecule has 4 rings (SSSR count). The predicted molar refractivity (Wildman–Crippen MR) is 101 cm³/mol. The summed E-state index contributed by atoms with van der Waals surface area (Å²) in [7, 11) is 0. The number of ether oxygens (including phenoxy) is 2. The number of carbonyl (C=O) groups excluding carboxylic acids is 1. The van der Waals surface area contributed by atoms with E-state index >= 15 is 0 Å². The molecule has 7 nitrogen and oxygen atoms in total. The van der Waals surface area contributed by atoms with E-state index in [9.17, 15) is 4.79 Å². The maximum atomic E-state index is 12.7. The molecule has 1 N–H and O–H groups in total. The maximum Gasteiger partial charge on any atom is 0.255 e. The van der Waals surface area contributed by atoms with Crippen LogP contribution in [0.1, 0.15) is 27.6 Å². The van der Waals surface area contributed by atoms with E-state index in [1.165, 1.54) is 5.56 Å². The summed E-state index contributed by atoms with van der Waals surface area (Å²) in [6.07, 6.45) is 0.881. The summed E-state index contributed by atoms with van der Waals surface area (Å²) in [5.74, 6) is 2.37. The topological polar surface area (TPSA) is 86.5 Å². The predicted octanol–water partition coefficient (Wildman–Crippen LogP) is 2.94. The Morgan fingerprint density at radius 1 is 1.21 bits per heavy atom. The first kappa shape index (κ1) is 18.0. The summed E-state index contributed by atoms with van der Waals surface area (Å²) in [5, 5.41) is 6.79. The van der Waals surface area contributed by atoms with Gasteiger partial charge in [0.25, 0.3) is 5.91 Å². The van der Waals surface area contributed by atoms with Gasteiger partial charge < -0.3 is 19.3 Å². The SMILES string of the molecule is Cc1nc(COc2ccccc2C(=O)NCC2COc3ccccc3C2)no1. The zero-order chi connectivity index (χ0) is 19.3. The van der Waals surface area contributed by atoms with Crippen LogP contribution < -0.4 is 14.8 Å². The summed E-state index contributed by atoms with van der Waals surface area (Å²) in [6.45, 7) is 2.97. The lowest BCUT2D eigenvalue weighted by atomic mass is 9.96. The van der Waals surface area contributed by atoms with E-state index in [1.807, 2.05) is 24.3 Å². The van der Waals surface area contributed by atoms with Crippen molar-refractivity contribution in [3.8, 4) is 11.5 Å². The van der Waals surface area contributed by atoms with Gasteiger partial charge in [-0.15, -0.1) is 0 Å². The Hall–Kier alpha value is -3.35. The first-order valence-corrected chi connectivity index (χ1v) is 9.19. The summed E-state index contributed by atoms with van der Waals surface area (Å²) < 4.78 is 16.4. The van der Waals surface area contributed by atoms with Gasteiger partial charge in [-0.2, -0.15) is 4.98 Å². The van der Waals surface area contributed by atoms with E-state index in [-0.39, 0.29) is 18.4 Å². The molecule has 0 radical (unpaired) electrons. The Labute approximate surface area is 162 Å². The minimum atomic E-state index is -0.182. The third kappa shape index (κ3) is 4.14. The van der Waals surface area contributed by atoms with Crippen LogP contribution in [0.4, 0.5) is 0 Å². The number of aryl methyl sites for hydroxylation is 1. The van der Waals surface area contributed by atoms with Gasteiger partial charge in [-0.3, -0.25) is 4.79 Å². The van der Waals surface area contributed by atoms with Crippen molar-refractivity contribution in [3.05, 3.63) is 71.4 Å². The van der Waals surface area contributed by atoms with Crippen LogP contribution >= 0.6 is 0 Å². The molecule has 0 aliphatic carbocycles. The molecule has 1 aromatic heterocycles. The van der Waals surface area contributed by atoms with E-state index < -0.39 is 0 Å². The van der Waals surface area contributed by atoms with Crippen molar-refractivity contribution in [2.75, 3.05) is 13.2 Å². The summed E-state index contributed by atoms with van der Waals surface area (Å²) in [6, 6.07) is 15.1. The number of hydrogen-bond acceptors (Lipinski definition) is 6. The van der Waals surface area contributed by atoms with Gasteiger partial charge in [-0.05, 0) is 30.2 Å². The number of fused-ring (bicyclic) bond motifs is 1. The molecule has 2 aromatic carbocycles. The molecule has 7 heteroatoms. The van der Waals surface area contributed by atoms with Gasteiger partial charge in [0.2, 0.25) is 11.7 Å². The molecule has 28 heavy (non-hydrogen) atoms. The van der Waals surface area contributed by atoms with Crippen LogP contribution in [-0.4, -0.2) is 29.2 Å². The highest BCUT2D eigenvalue weighted by Gasteiger charge is 2.21. The zero-order valence-electron chi connectivity index (χ0n) is 15.6. The molecule has 0 fully saturated rings. The average Bonchev–Trinajstić information content (AvgIpc) is 3.15. The van der Waals surface area contributed by atoms with Crippen molar-refractivity contribution < 1.29 is 18.8 Å². The fourth-order valence-electron chi connectivity index (χ4n) is 3.18. The molecule has 1 aliphatic heterocycles. The summed E-state index contributed by atoms with van der Waals surface area (Å²) in [5.41, 5.74) is 1.65. The number of amides is 1. The normalized spacial score (nSPS) is 15.4. The second-order valence-electron chi connectivity index (χ2n) is 6.71. The Morgan fingerprint density at radius 3 is 2.89 bits per heavy atom. The first-order valence-electron chi connectivity index (χ1n) is 9.19. The maximum absolute atomic E-state index is 12.7. The molecule has 0 saturated heterocycles. The Morgan fingerprint density at radius 2 is 2.04 bits per heavy atom. The van der Waals surface area contributed by atoms with Crippen LogP contribution in [0.2, 0.25) is 0 Å². The van der Waals surface area contributed by atoms with Crippen molar-refractivity contribution in [3.63, 3.8) is 0 Å². The molecule has 0 saturated carbocycles. The molecular weight excluding hydrogens is 358 g/mol. The quantitative estimate of drug-likeness (QED) is 0.709. The number of nitrogens with one attached hydrogen (secondary N) is 1. The Bertz CT molecular complexity index is 970. The van der Waals surface area contributed by atoms with E-state index in [0.717, 1.165) is 12.2 Å². The fraction of sp³-hybridized carbons (Fsp3) is 0.286. The standard InChI is InChI=1S/C21H21N3O4/c1-14-23-20(24-28-14)13-27-19-9-5-3-7-17(19)21(25)22-11-15-10-16-6-2-4-8-18(16)26-12-15/h2-9,15H,10-13H2,1H3,(H,22,25). The van der Waals surface area contributed by atoms with Gasteiger partial charge in [-0.1, -0.05) is 35.5 Å². The van der Waals surface area contributed by atoms with Gasteiger partial charge in [0.1, 0.15) is 11.5 Å². The van der Waals surface area contributed by atoms with Gasteiger partial charge >= 0.3 is 0 Å². The second kappa shape index (κ2) is 8.12. The zero-order valence-corrected chi connectivity index (χ0v) is 15.6. The van der Waals surface area contributed by atoms with Gasteiger partial charge in [-0.25, -0.2) is 0 Å². The number of benzene rings is 2. The summed E-state index contributed by atoms with van der Waals surface area (Å²) >= 11 is 0. The third-order valence-electron chi connectivity index (χ3n) is 4.57. The molecule has 1 amide bonds. The minimum Gasteiger partial charge on any atom is -0.493 e. The molecule has 0 spiro atoms. The Balaban J connectivity index is 1.36. The highest BCUT2D eigenvalue weighted by molar-refractivity contribution is 5.96. The molecule has 144 valence electrons. The van der Waals surface area contributed by atoms with Crippen LogP contribution in [-0.2, 0) is 13.0 Å². The monoisotopic (exact) mass is 379 g/mol.